The molecule has 1 atom stereocenters. The molecule has 1 N–H and O–H groups in total. The molecule has 1 unspecified atom stereocenters. The van der Waals surface area contributed by atoms with E-state index in [1.54, 1.807) is 11.3 Å². The number of thiophene rings is 1. The van der Waals surface area contributed by atoms with E-state index in [4.69, 9.17) is 11.6 Å². The van der Waals surface area contributed by atoms with Gasteiger partial charge in [0.2, 0.25) is 0 Å². The minimum atomic E-state index is 0.409. The van der Waals surface area contributed by atoms with Crippen LogP contribution in [0.1, 0.15) is 30.5 Å². The molecule has 0 aliphatic carbocycles. The highest BCUT2D eigenvalue weighted by molar-refractivity contribution is 7.07. The Balaban J connectivity index is 2.01. The van der Waals surface area contributed by atoms with E-state index in [0.29, 0.717) is 6.04 Å². The molecular formula is C15H18ClNS. The fraction of sp³-hybridized carbons (Fsp3) is 0.333. The van der Waals surface area contributed by atoms with E-state index < -0.39 is 0 Å². The highest BCUT2D eigenvalue weighted by atomic mass is 35.5. The number of hydrogen-bond donors (Lipinski definition) is 1. The van der Waals surface area contributed by atoms with Crippen LogP contribution in [0.3, 0.4) is 0 Å². The van der Waals surface area contributed by atoms with Crippen LogP contribution in [-0.4, -0.2) is 6.54 Å². The number of hydrogen-bond acceptors (Lipinski definition) is 2. The molecule has 0 aliphatic rings. The average molecular weight is 280 g/mol. The third-order valence-electron chi connectivity index (χ3n) is 3.02. The van der Waals surface area contributed by atoms with Crippen molar-refractivity contribution in [3.8, 4) is 0 Å². The van der Waals surface area contributed by atoms with E-state index in [9.17, 15) is 0 Å². The molecule has 3 heteroatoms. The maximum atomic E-state index is 5.93. The van der Waals surface area contributed by atoms with Crippen molar-refractivity contribution in [3.63, 3.8) is 0 Å². The van der Waals surface area contributed by atoms with Crippen LogP contribution in [0, 0.1) is 0 Å². The minimum absolute atomic E-state index is 0.409. The maximum absolute atomic E-state index is 5.93. The summed E-state index contributed by atoms with van der Waals surface area (Å²) in [5, 5.41) is 8.70. The minimum Gasteiger partial charge on any atom is -0.310 e. The van der Waals surface area contributed by atoms with Gasteiger partial charge >= 0.3 is 0 Å². The van der Waals surface area contributed by atoms with Crippen LogP contribution < -0.4 is 5.32 Å². The maximum Gasteiger partial charge on any atom is 0.0406 e. The number of nitrogens with one attached hydrogen (secondary N) is 1. The van der Waals surface area contributed by atoms with Crippen molar-refractivity contribution in [1.29, 1.82) is 0 Å². The van der Waals surface area contributed by atoms with Gasteiger partial charge in [-0.2, -0.15) is 11.3 Å². The van der Waals surface area contributed by atoms with Gasteiger partial charge in [-0.25, -0.2) is 0 Å². The molecule has 1 aromatic carbocycles. The van der Waals surface area contributed by atoms with Crippen LogP contribution in [0.4, 0.5) is 0 Å². The van der Waals surface area contributed by atoms with E-state index in [2.05, 4.69) is 41.2 Å². The normalized spacial score (nSPS) is 12.6. The van der Waals surface area contributed by atoms with E-state index in [1.807, 2.05) is 12.1 Å². The van der Waals surface area contributed by atoms with Gasteiger partial charge in [-0.05, 0) is 59.5 Å². The fourth-order valence-electron chi connectivity index (χ4n) is 2.07. The highest BCUT2D eigenvalue weighted by Crippen LogP contribution is 2.21. The van der Waals surface area contributed by atoms with Crippen LogP contribution in [0.5, 0.6) is 0 Å². The van der Waals surface area contributed by atoms with Gasteiger partial charge in [-0.1, -0.05) is 30.7 Å². The first-order valence-electron chi connectivity index (χ1n) is 6.29. The summed E-state index contributed by atoms with van der Waals surface area (Å²) in [6.07, 6.45) is 2.23. The van der Waals surface area contributed by atoms with Crippen molar-refractivity contribution in [1.82, 2.24) is 5.32 Å². The van der Waals surface area contributed by atoms with Gasteiger partial charge in [0.1, 0.15) is 0 Å². The molecule has 0 fully saturated rings. The van der Waals surface area contributed by atoms with Gasteiger partial charge in [0.05, 0.1) is 0 Å². The van der Waals surface area contributed by atoms with Gasteiger partial charge in [0.15, 0.2) is 0 Å². The Morgan fingerprint density at radius 2 is 2.00 bits per heavy atom. The Bertz CT molecular complexity index is 450. The Morgan fingerprint density at radius 1 is 1.22 bits per heavy atom. The van der Waals surface area contributed by atoms with Gasteiger partial charge in [-0.3, -0.25) is 0 Å². The number of halogens is 1. The standard InChI is InChI=1S/C15H18ClNS/c1-2-17-15(8-3-12-9-10-18-11-12)13-4-6-14(16)7-5-13/h4-7,9-11,15,17H,2-3,8H2,1H3. The van der Waals surface area contributed by atoms with Gasteiger partial charge in [0, 0.05) is 11.1 Å². The van der Waals surface area contributed by atoms with Crippen molar-refractivity contribution < 1.29 is 0 Å². The number of rotatable bonds is 6. The second kappa shape index (κ2) is 6.93. The topological polar surface area (TPSA) is 12.0 Å². The van der Waals surface area contributed by atoms with E-state index >= 15 is 0 Å². The SMILES string of the molecule is CCNC(CCc1ccsc1)c1ccc(Cl)cc1. The molecule has 0 radical (unpaired) electrons. The summed E-state index contributed by atoms with van der Waals surface area (Å²) in [5.41, 5.74) is 2.74. The first-order valence-corrected chi connectivity index (χ1v) is 7.61. The summed E-state index contributed by atoms with van der Waals surface area (Å²) >= 11 is 7.70. The predicted octanol–water partition coefficient (Wildman–Crippen LogP) is 4.68. The van der Waals surface area contributed by atoms with E-state index in [1.165, 1.54) is 11.1 Å². The summed E-state index contributed by atoms with van der Waals surface area (Å²) in [4.78, 5) is 0. The van der Waals surface area contributed by atoms with E-state index in [-0.39, 0.29) is 0 Å². The van der Waals surface area contributed by atoms with Crippen LogP contribution in [0.15, 0.2) is 41.1 Å². The lowest BCUT2D eigenvalue weighted by atomic mass is 10.00. The van der Waals surface area contributed by atoms with Crippen LogP contribution >= 0.6 is 22.9 Å². The first kappa shape index (κ1) is 13.6. The molecular weight excluding hydrogens is 262 g/mol. The Hall–Kier alpha value is -0.830. The van der Waals surface area contributed by atoms with Crippen molar-refractivity contribution >= 4 is 22.9 Å². The molecule has 0 saturated carbocycles. The molecule has 2 rings (SSSR count). The first-order chi connectivity index (χ1) is 8.79. The molecule has 96 valence electrons. The van der Waals surface area contributed by atoms with Crippen LogP contribution in [0.25, 0.3) is 0 Å². The highest BCUT2D eigenvalue weighted by Gasteiger charge is 2.10. The molecule has 0 bridgehead atoms. The molecule has 0 aliphatic heterocycles. The number of benzene rings is 1. The predicted molar refractivity (Wildman–Crippen MR) is 80.5 cm³/mol. The Kier molecular flexibility index (Phi) is 5.24. The smallest absolute Gasteiger partial charge is 0.0406 e. The Labute approximate surface area is 118 Å². The van der Waals surface area contributed by atoms with Gasteiger partial charge in [-0.15, -0.1) is 0 Å². The van der Waals surface area contributed by atoms with Crippen molar-refractivity contribution in [3.05, 3.63) is 57.2 Å². The lowest BCUT2D eigenvalue weighted by Crippen LogP contribution is -2.21. The second-order valence-electron chi connectivity index (χ2n) is 4.33. The zero-order chi connectivity index (χ0) is 12.8. The third-order valence-corrected chi connectivity index (χ3v) is 4.01. The van der Waals surface area contributed by atoms with Gasteiger partial charge < -0.3 is 5.32 Å². The summed E-state index contributed by atoms with van der Waals surface area (Å²) < 4.78 is 0. The molecule has 0 spiro atoms. The monoisotopic (exact) mass is 279 g/mol. The summed E-state index contributed by atoms with van der Waals surface area (Å²) in [6, 6.07) is 10.8. The molecule has 0 amide bonds. The fourth-order valence-corrected chi connectivity index (χ4v) is 2.90. The largest absolute Gasteiger partial charge is 0.310 e. The number of aryl methyl sites for hydroxylation is 1. The van der Waals surface area contributed by atoms with E-state index in [0.717, 1.165) is 24.4 Å². The molecule has 0 saturated heterocycles. The van der Waals surface area contributed by atoms with Crippen LogP contribution in [-0.2, 0) is 6.42 Å². The third kappa shape index (κ3) is 3.84. The Morgan fingerprint density at radius 3 is 2.61 bits per heavy atom. The second-order valence-corrected chi connectivity index (χ2v) is 5.55. The lowest BCUT2D eigenvalue weighted by Gasteiger charge is -2.18. The molecule has 1 heterocycles. The quantitative estimate of drug-likeness (QED) is 0.809. The summed E-state index contributed by atoms with van der Waals surface area (Å²) in [5.74, 6) is 0. The zero-order valence-electron chi connectivity index (χ0n) is 10.5. The molecule has 1 nitrogen and oxygen atoms in total. The van der Waals surface area contributed by atoms with Crippen molar-refractivity contribution in [2.24, 2.45) is 0 Å². The van der Waals surface area contributed by atoms with Crippen LogP contribution in [0.2, 0.25) is 5.02 Å². The van der Waals surface area contributed by atoms with Gasteiger partial charge in [0.25, 0.3) is 0 Å². The lowest BCUT2D eigenvalue weighted by molar-refractivity contribution is 0.516. The molecule has 18 heavy (non-hydrogen) atoms. The van der Waals surface area contributed by atoms with Crippen molar-refractivity contribution in [2.75, 3.05) is 6.54 Å². The average Bonchev–Trinajstić information content (AvgIpc) is 2.89. The van der Waals surface area contributed by atoms with Crippen molar-refractivity contribution in [2.45, 2.75) is 25.8 Å². The molecule has 2 aromatic rings. The summed E-state index contributed by atoms with van der Waals surface area (Å²) in [7, 11) is 0. The summed E-state index contributed by atoms with van der Waals surface area (Å²) in [6.45, 7) is 3.13. The zero-order valence-corrected chi connectivity index (χ0v) is 12.1. The molecule has 1 aromatic heterocycles.